The summed E-state index contributed by atoms with van der Waals surface area (Å²) in [6, 6.07) is 13.6. The standard InChI is InChI=1S/C26H26N6O3/c1-17-4-2-6-21-24(17)20(33)15-26(35-21)9-12-32(13-10-26)22-8-7-19(28-29-22)25-31-30-23(34-25)14-18-5-3-11-27-16-18/h2-8,11,16,20,33H,9-10,12-15H2,1H3. The maximum Gasteiger partial charge on any atom is 0.268 e. The van der Waals surface area contributed by atoms with Gasteiger partial charge in [0.15, 0.2) is 5.82 Å². The van der Waals surface area contributed by atoms with E-state index in [1.54, 1.807) is 12.4 Å². The highest BCUT2D eigenvalue weighted by Gasteiger charge is 2.43. The molecular weight excluding hydrogens is 444 g/mol. The van der Waals surface area contributed by atoms with Gasteiger partial charge in [-0.2, -0.15) is 0 Å². The van der Waals surface area contributed by atoms with Gasteiger partial charge in [-0.1, -0.05) is 18.2 Å². The first-order valence-corrected chi connectivity index (χ1v) is 11.9. The van der Waals surface area contributed by atoms with Gasteiger partial charge < -0.3 is 19.2 Å². The van der Waals surface area contributed by atoms with Crippen molar-refractivity contribution in [3.05, 3.63) is 77.4 Å². The average molecular weight is 471 g/mol. The lowest BCUT2D eigenvalue weighted by Crippen LogP contribution is -2.50. The lowest BCUT2D eigenvalue weighted by Gasteiger charge is -2.46. The normalized spacial score (nSPS) is 18.8. The molecule has 0 radical (unpaired) electrons. The highest BCUT2D eigenvalue weighted by molar-refractivity contribution is 5.50. The van der Waals surface area contributed by atoms with Gasteiger partial charge in [-0.05, 0) is 42.3 Å². The maximum atomic E-state index is 10.8. The van der Waals surface area contributed by atoms with Gasteiger partial charge in [0.25, 0.3) is 5.89 Å². The number of aryl methyl sites for hydroxylation is 1. The van der Waals surface area contributed by atoms with Crippen molar-refractivity contribution in [1.29, 1.82) is 0 Å². The summed E-state index contributed by atoms with van der Waals surface area (Å²) < 4.78 is 12.2. The molecule has 0 saturated carbocycles. The Labute approximate surface area is 202 Å². The molecule has 1 atom stereocenters. The Bertz CT molecular complexity index is 1320. The molecule has 1 saturated heterocycles. The van der Waals surface area contributed by atoms with Gasteiger partial charge in [0.2, 0.25) is 5.89 Å². The third-order valence-corrected chi connectivity index (χ3v) is 6.92. The number of rotatable bonds is 4. The molecule has 0 aliphatic carbocycles. The molecule has 9 heteroatoms. The van der Waals surface area contributed by atoms with Crippen molar-refractivity contribution in [2.24, 2.45) is 0 Å². The number of ether oxygens (including phenoxy) is 1. The second-order valence-corrected chi connectivity index (χ2v) is 9.29. The molecular formula is C26H26N6O3. The number of hydrogen-bond acceptors (Lipinski definition) is 9. The zero-order valence-electron chi connectivity index (χ0n) is 19.5. The van der Waals surface area contributed by atoms with E-state index in [0.717, 1.165) is 54.2 Å². The molecule has 0 amide bonds. The Morgan fingerprint density at radius 1 is 1.03 bits per heavy atom. The van der Waals surface area contributed by atoms with Crippen molar-refractivity contribution in [3.63, 3.8) is 0 Å². The molecule has 4 aromatic rings. The van der Waals surface area contributed by atoms with Gasteiger partial charge in [-0.25, -0.2) is 0 Å². The van der Waals surface area contributed by atoms with Crippen LogP contribution in [0.15, 0.2) is 59.3 Å². The van der Waals surface area contributed by atoms with Crippen molar-refractivity contribution in [3.8, 4) is 17.3 Å². The molecule has 6 rings (SSSR count). The topological polar surface area (TPSA) is 110 Å². The van der Waals surface area contributed by atoms with Gasteiger partial charge in [0.1, 0.15) is 17.0 Å². The van der Waals surface area contributed by atoms with Crippen LogP contribution >= 0.6 is 0 Å². The van der Waals surface area contributed by atoms with E-state index in [1.807, 2.05) is 49.4 Å². The fourth-order valence-electron chi connectivity index (χ4n) is 5.06. The fraction of sp³-hybridized carbons (Fsp3) is 0.346. The molecule has 1 N–H and O–H groups in total. The van der Waals surface area contributed by atoms with Gasteiger partial charge in [0, 0.05) is 50.3 Å². The predicted molar refractivity (Wildman–Crippen MR) is 128 cm³/mol. The fourth-order valence-corrected chi connectivity index (χ4v) is 5.06. The number of aromatic nitrogens is 5. The van der Waals surface area contributed by atoms with E-state index in [9.17, 15) is 5.11 Å². The molecule has 1 fully saturated rings. The summed E-state index contributed by atoms with van der Waals surface area (Å²) >= 11 is 0. The van der Waals surface area contributed by atoms with Crippen LogP contribution in [0.1, 0.15) is 47.9 Å². The molecule has 1 unspecified atom stereocenters. The SMILES string of the molecule is Cc1cccc2c1C(O)CC1(CCN(c3ccc(-c4nnc(Cc5cccnc5)o4)nn3)CC1)O2. The van der Waals surface area contributed by atoms with Crippen LogP contribution in [0.2, 0.25) is 0 Å². The van der Waals surface area contributed by atoms with E-state index in [4.69, 9.17) is 9.15 Å². The van der Waals surface area contributed by atoms with Gasteiger partial charge >= 0.3 is 0 Å². The second-order valence-electron chi connectivity index (χ2n) is 9.29. The Kier molecular flexibility index (Phi) is 5.41. The number of hydrogen-bond donors (Lipinski definition) is 1. The minimum atomic E-state index is -0.497. The van der Waals surface area contributed by atoms with Crippen LogP contribution in [-0.4, -0.2) is 49.2 Å². The van der Waals surface area contributed by atoms with Crippen molar-refractivity contribution in [2.75, 3.05) is 18.0 Å². The third-order valence-electron chi connectivity index (χ3n) is 6.92. The molecule has 1 aromatic carbocycles. The van der Waals surface area contributed by atoms with Crippen LogP contribution in [0, 0.1) is 6.92 Å². The number of aliphatic hydroxyl groups excluding tert-OH is 1. The van der Waals surface area contributed by atoms with E-state index in [1.165, 1.54) is 0 Å². The van der Waals surface area contributed by atoms with Crippen LogP contribution in [0.3, 0.4) is 0 Å². The Morgan fingerprint density at radius 3 is 2.69 bits per heavy atom. The number of anilines is 1. The van der Waals surface area contributed by atoms with E-state index >= 15 is 0 Å². The van der Waals surface area contributed by atoms with Crippen molar-refractivity contribution in [2.45, 2.75) is 44.3 Å². The van der Waals surface area contributed by atoms with E-state index in [2.05, 4.69) is 30.3 Å². The number of piperidine rings is 1. The summed E-state index contributed by atoms with van der Waals surface area (Å²) in [5, 5.41) is 27.8. The van der Waals surface area contributed by atoms with Crippen molar-refractivity contribution in [1.82, 2.24) is 25.4 Å². The summed E-state index contributed by atoms with van der Waals surface area (Å²) in [6.45, 7) is 3.57. The summed E-state index contributed by atoms with van der Waals surface area (Å²) in [5.74, 6) is 2.46. The first-order chi connectivity index (χ1) is 17.1. The Balaban J connectivity index is 1.11. The molecule has 3 aromatic heterocycles. The summed E-state index contributed by atoms with van der Waals surface area (Å²) in [4.78, 5) is 6.31. The first-order valence-electron chi connectivity index (χ1n) is 11.9. The summed E-state index contributed by atoms with van der Waals surface area (Å²) in [7, 11) is 0. The number of nitrogens with zero attached hydrogens (tertiary/aromatic N) is 6. The first kappa shape index (κ1) is 21.7. The zero-order valence-corrected chi connectivity index (χ0v) is 19.5. The monoisotopic (exact) mass is 470 g/mol. The Morgan fingerprint density at radius 2 is 1.91 bits per heavy atom. The number of fused-ring (bicyclic) bond motifs is 1. The molecule has 178 valence electrons. The van der Waals surface area contributed by atoms with Crippen molar-refractivity contribution >= 4 is 5.82 Å². The number of aliphatic hydroxyl groups is 1. The minimum absolute atomic E-state index is 0.346. The average Bonchev–Trinajstić information content (AvgIpc) is 3.33. The highest BCUT2D eigenvalue weighted by Crippen LogP contribution is 2.45. The van der Waals surface area contributed by atoms with Crippen LogP contribution in [0.4, 0.5) is 5.82 Å². The second kappa shape index (κ2) is 8.74. The molecule has 35 heavy (non-hydrogen) atoms. The van der Waals surface area contributed by atoms with Crippen LogP contribution in [0.25, 0.3) is 11.6 Å². The molecule has 2 aliphatic rings. The van der Waals surface area contributed by atoms with Crippen LogP contribution < -0.4 is 9.64 Å². The molecule has 1 spiro atoms. The number of benzene rings is 1. The highest BCUT2D eigenvalue weighted by atomic mass is 16.5. The lowest BCUT2D eigenvalue weighted by atomic mass is 9.81. The predicted octanol–water partition coefficient (Wildman–Crippen LogP) is 3.68. The van der Waals surface area contributed by atoms with Crippen LogP contribution in [-0.2, 0) is 6.42 Å². The molecule has 5 heterocycles. The summed E-state index contributed by atoms with van der Waals surface area (Å²) in [6.07, 6.45) is 5.76. The van der Waals surface area contributed by atoms with Gasteiger partial charge in [0.05, 0.1) is 12.5 Å². The quantitative estimate of drug-likeness (QED) is 0.477. The van der Waals surface area contributed by atoms with Crippen molar-refractivity contribution < 1.29 is 14.3 Å². The van der Waals surface area contributed by atoms with Gasteiger partial charge in [-0.3, -0.25) is 4.98 Å². The van der Waals surface area contributed by atoms with E-state index in [0.29, 0.717) is 30.3 Å². The molecule has 2 aliphatic heterocycles. The minimum Gasteiger partial charge on any atom is -0.487 e. The Hall–Kier alpha value is -3.85. The largest absolute Gasteiger partial charge is 0.487 e. The lowest BCUT2D eigenvalue weighted by molar-refractivity contribution is -0.0303. The maximum absolute atomic E-state index is 10.8. The van der Waals surface area contributed by atoms with E-state index in [-0.39, 0.29) is 5.60 Å². The molecule has 0 bridgehead atoms. The molecule has 9 nitrogen and oxygen atoms in total. The van der Waals surface area contributed by atoms with E-state index < -0.39 is 6.10 Å². The zero-order chi connectivity index (χ0) is 23.8. The third kappa shape index (κ3) is 4.23. The van der Waals surface area contributed by atoms with Gasteiger partial charge in [-0.15, -0.1) is 20.4 Å². The number of pyridine rings is 1. The smallest absolute Gasteiger partial charge is 0.268 e. The summed E-state index contributed by atoms with van der Waals surface area (Å²) in [5.41, 5.74) is 3.19. The van der Waals surface area contributed by atoms with Crippen LogP contribution in [0.5, 0.6) is 5.75 Å².